The molecule has 0 radical (unpaired) electrons. The maximum Gasteiger partial charge on any atom is 0.259 e. The van der Waals surface area contributed by atoms with Crippen LogP contribution in [0.2, 0.25) is 0 Å². The first-order valence-electron chi connectivity index (χ1n) is 9.73. The molecule has 2 fully saturated rings. The number of ether oxygens (including phenoxy) is 1. The molecule has 1 amide bonds. The molecule has 156 valence electrons. The normalized spacial score (nSPS) is 18.6. The summed E-state index contributed by atoms with van der Waals surface area (Å²) in [5, 5.41) is 5.03. The number of hydrogen-bond donors (Lipinski definition) is 1. The quantitative estimate of drug-likeness (QED) is 0.774. The van der Waals surface area contributed by atoms with Gasteiger partial charge in [0.05, 0.1) is 23.7 Å². The summed E-state index contributed by atoms with van der Waals surface area (Å²) in [5.41, 5.74) is 1.04. The van der Waals surface area contributed by atoms with Crippen molar-refractivity contribution >= 4 is 38.1 Å². The van der Waals surface area contributed by atoms with Gasteiger partial charge in [0.1, 0.15) is 0 Å². The maximum absolute atomic E-state index is 13.1. The molecule has 0 saturated carbocycles. The third-order valence-electron chi connectivity index (χ3n) is 5.17. The number of carbonyl (C=O) groups is 1. The predicted molar refractivity (Wildman–Crippen MR) is 112 cm³/mol. The van der Waals surface area contributed by atoms with Gasteiger partial charge in [-0.1, -0.05) is 6.42 Å². The van der Waals surface area contributed by atoms with Crippen LogP contribution in [0.4, 0.5) is 10.8 Å². The van der Waals surface area contributed by atoms with E-state index in [0.717, 1.165) is 19.3 Å². The number of anilines is 2. The molecule has 2 aliphatic heterocycles. The number of nitrogens with zero attached hydrogens (tertiary/aromatic N) is 3. The molecule has 4 rings (SSSR count). The van der Waals surface area contributed by atoms with E-state index in [1.807, 2.05) is 0 Å². The van der Waals surface area contributed by atoms with Crippen LogP contribution >= 0.6 is 11.3 Å². The second kappa shape index (κ2) is 8.78. The number of thiazole rings is 1. The van der Waals surface area contributed by atoms with E-state index in [9.17, 15) is 13.2 Å². The molecular weight excluding hydrogens is 412 g/mol. The lowest BCUT2D eigenvalue weighted by Crippen LogP contribution is -2.38. The number of rotatable bonds is 5. The van der Waals surface area contributed by atoms with Crippen LogP contribution in [0, 0.1) is 0 Å². The van der Waals surface area contributed by atoms with Gasteiger partial charge in [-0.25, -0.2) is 13.4 Å². The topological polar surface area (TPSA) is 91.8 Å². The predicted octanol–water partition coefficient (Wildman–Crippen LogP) is 2.41. The van der Waals surface area contributed by atoms with Crippen LogP contribution in [0.5, 0.6) is 0 Å². The molecule has 10 heteroatoms. The Morgan fingerprint density at radius 3 is 2.55 bits per heavy atom. The monoisotopic (exact) mass is 436 g/mol. The Balaban J connectivity index is 1.69. The van der Waals surface area contributed by atoms with Crippen molar-refractivity contribution in [3.05, 3.63) is 35.3 Å². The Morgan fingerprint density at radius 1 is 1.10 bits per heavy atom. The maximum atomic E-state index is 13.1. The van der Waals surface area contributed by atoms with E-state index in [-0.39, 0.29) is 10.8 Å². The number of benzene rings is 1. The number of nitrogens with one attached hydrogen (secondary N) is 1. The molecule has 0 aliphatic carbocycles. The summed E-state index contributed by atoms with van der Waals surface area (Å²) < 4.78 is 33.2. The van der Waals surface area contributed by atoms with Gasteiger partial charge in [0.15, 0.2) is 5.13 Å². The van der Waals surface area contributed by atoms with E-state index >= 15 is 0 Å². The van der Waals surface area contributed by atoms with Crippen molar-refractivity contribution in [2.75, 3.05) is 49.6 Å². The minimum absolute atomic E-state index is 0.153. The van der Waals surface area contributed by atoms with Crippen molar-refractivity contribution < 1.29 is 17.9 Å². The highest BCUT2D eigenvalue weighted by Gasteiger charge is 2.28. The summed E-state index contributed by atoms with van der Waals surface area (Å²) in [6.45, 7) is 3.48. The smallest absolute Gasteiger partial charge is 0.259 e. The molecule has 1 aromatic heterocycles. The molecule has 2 aliphatic rings. The van der Waals surface area contributed by atoms with Crippen molar-refractivity contribution in [3.8, 4) is 0 Å². The molecule has 2 aromatic rings. The summed E-state index contributed by atoms with van der Waals surface area (Å²) in [7, 11) is -3.63. The van der Waals surface area contributed by atoms with E-state index in [0.29, 0.717) is 55.8 Å². The second-order valence-electron chi connectivity index (χ2n) is 7.03. The first kappa shape index (κ1) is 20.3. The standard InChI is InChI=1S/C19H24N4O4S2/c24-18(21-19-20-6-13-28-19)16-14-15(29(25,26)23-7-2-1-3-8-23)4-5-17(16)22-9-11-27-12-10-22/h4-6,13-14H,1-3,7-12H2,(H,20,21,24). The van der Waals surface area contributed by atoms with Gasteiger partial charge in [0, 0.05) is 43.4 Å². The van der Waals surface area contributed by atoms with Crippen molar-refractivity contribution in [2.24, 2.45) is 0 Å². The number of sulfonamides is 1. The fourth-order valence-corrected chi connectivity index (χ4v) is 5.71. The molecule has 0 spiro atoms. The third kappa shape index (κ3) is 4.45. The van der Waals surface area contributed by atoms with Crippen LogP contribution < -0.4 is 10.2 Å². The SMILES string of the molecule is O=C(Nc1nccs1)c1cc(S(=O)(=O)N2CCCCC2)ccc1N1CCOCC1. The number of amides is 1. The zero-order valence-electron chi connectivity index (χ0n) is 16.0. The summed E-state index contributed by atoms with van der Waals surface area (Å²) in [5.74, 6) is -0.364. The van der Waals surface area contributed by atoms with Crippen molar-refractivity contribution in [1.29, 1.82) is 0 Å². The van der Waals surface area contributed by atoms with E-state index in [1.54, 1.807) is 23.7 Å². The average Bonchev–Trinajstić information content (AvgIpc) is 3.27. The first-order valence-corrected chi connectivity index (χ1v) is 12.1. The first-order chi connectivity index (χ1) is 14.1. The highest BCUT2D eigenvalue weighted by atomic mass is 32.2. The minimum atomic E-state index is -3.63. The van der Waals surface area contributed by atoms with Crippen LogP contribution in [-0.4, -0.2) is 63.0 Å². The number of aromatic nitrogens is 1. The van der Waals surface area contributed by atoms with Crippen molar-refractivity contribution in [3.63, 3.8) is 0 Å². The van der Waals surface area contributed by atoms with E-state index in [2.05, 4.69) is 15.2 Å². The van der Waals surface area contributed by atoms with E-state index in [1.165, 1.54) is 21.7 Å². The summed E-state index contributed by atoms with van der Waals surface area (Å²) >= 11 is 1.32. The Kier molecular flexibility index (Phi) is 6.14. The van der Waals surface area contributed by atoms with Crippen molar-refractivity contribution in [1.82, 2.24) is 9.29 Å². The van der Waals surface area contributed by atoms with Gasteiger partial charge in [-0.3, -0.25) is 10.1 Å². The molecular formula is C19H24N4O4S2. The molecule has 3 heterocycles. The lowest BCUT2D eigenvalue weighted by molar-refractivity contribution is 0.102. The summed E-state index contributed by atoms with van der Waals surface area (Å²) in [6, 6.07) is 4.84. The fraction of sp³-hybridized carbons (Fsp3) is 0.474. The number of carbonyl (C=O) groups excluding carboxylic acids is 1. The van der Waals surface area contributed by atoms with Gasteiger partial charge in [-0.05, 0) is 31.0 Å². The lowest BCUT2D eigenvalue weighted by atomic mass is 10.1. The Bertz CT molecular complexity index is 951. The largest absolute Gasteiger partial charge is 0.378 e. The van der Waals surface area contributed by atoms with Gasteiger partial charge in [-0.2, -0.15) is 4.31 Å². The van der Waals surface area contributed by atoms with Crippen LogP contribution in [0.3, 0.4) is 0 Å². The minimum Gasteiger partial charge on any atom is -0.378 e. The Labute approximate surface area is 174 Å². The summed E-state index contributed by atoms with van der Waals surface area (Å²) in [6.07, 6.45) is 4.38. The van der Waals surface area contributed by atoms with Gasteiger partial charge < -0.3 is 9.64 Å². The molecule has 0 unspecified atom stereocenters. The highest BCUT2D eigenvalue weighted by Crippen LogP contribution is 2.29. The van der Waals surface area contributed by atoms with Gasteiger partial charge in [-0.15, -0.1) is 11.3 Å². The van der Waals surface area contributed by atoms with E-state index in [4.69, 9.17) is 4.74 Å². The fourth-order valence-electron chi connectivity index (χ4n) is 3.64. The molecule has 8 nitrogen and oxygen atoms in total. The molecule has 2 saturated heterocycles. The van der Waals surface area contributed by atoms with Gasteiger partial charge >= 0.3 is 0 Å². The summed E-state index contributed by atoms with van der Waals surface area (Å²) in [4.78, 5) is 19.3. The molecule has 0 atom stereocenters. The molecule has 0 bridgehead atoms. The van der Waals surface area contributed by atoms with E-state index < -0.39 is 10.0 Å². The molecule has 29 heavy (non-hydrogen) atoms. The Morgan fingerprint density at radius 2 is 1.86 bits per heavy atom. The Hall–Kier alpha value is -2.01. The van der Waals surface area contributed by atoms with Gasteiger partial charge in [0.2, 0.25) is 10.0 Å². The number of piperidine rings is 1. The van der Waals surface area contributed by atoms with Crippen LogP contribution in [-0.2, 0) is 14.8 Å². The average molecular weight is 437 g/mol. The molecule has 1 aromatic carbocycles. The number of hydrogen-bond acceptors (Lipinski definition) is 7. The van der Waals surface area contributed by atoms with Crippen LogP contribution in [0.15, 0.2) is 34.7 Å². The zero-order chi connectivity index (χ0) is 20.3. The zero-order valence-corrected chi connectivity index (χ0v) is 17.7. The van der Waals surface area contributed by atoms with Crippen LogP contribution in [0.1, 0.15) is 29.6 Å². The van der Waals surface area contributed by atoms with Gasteiger partial charge in [0.25, 0.3) is 5.91 Å². The second-order valence-corrected chi connectivity index (χ2v) is 9.87. The number of morpholine rings is 1. The van der Waals surface area contributed by atoms with Crippen molar-refractivity contribution in [2.45, 2.75) is 24.2 Å². The lowest BCUT2D eigenvalue weighted by Gasteiger charge is -2.31. The third-order valence-corrected chi connectivity index (χ3v) is 7.75. The van der Waals surface area contributed by atoms with Crippen LogP contribution in [0.25, 0.3) is 0 Å². The highest BCUT2D eigenvalue weighted by molar-refractivity contribution is 7.89. The molecule has 1 N–H and O–H groups in total.